The predicted octanol–water partition coefficient (Wildman–Crippen LogP) is 4.91. The smallest absolute Gasteiger partial charge is 0.270 e. The highest BCUT2D eigenvalue weighted by Gasteiger charge is 2.18. The summed E-state index contributed by atoms with van der Waals surface area (Å²) in [5, 5.41) is 13.6. The molecule has 0 radical (unpaired) electrons. The van der Waals surface area contributed by atoms with Gasteiger partial charge in [0.2, 0.25) is 0 Å². The Hall–Kier alpha value is -1.72. The summed E-state index contributed by atoms with van der Waals surface area (Å²) in [7, 11) is 0. The molecule has 1 aromatic carbocycles. The summed E-state index contributed by atoms with van der Waals surface area (Å²) in [6, 6.07) is 3.57. The number of nitrogens with one attached hydrogen (secondary N) is 1. The van der Waals surface area contributed by atoms with Crippen molar-refractivity contribution in [3.63, 3.8) is 0 Å². The van der Waals surface area contributed by atoms with E-state index in [9.17, 15) is 18.9 Å². The minimum Gasteiger partial charge on any atom is -0.385 e. The molecule has 0 amide bonds. The van der Waals surface area contributed by atoms with E-state index in [1.54, 1.807) is 0 Å². The molecule has 1 aromatic rings. The van der Waals surface area contributed by atoms with Crippen molar-refractivity contribution in [3.8, 4) is 0 Å². The van der Waals surface area contributed by atoms with E-state index < -0.39 is 11.3 Å². The maximum Gasteiger partial charge on any atom is 0.270 e. The molecule has 0 heterocycles. The molecular formula is C15H20F2N2O2. The Labute approximate surface area is 122 Å². The lowest BCUT2D eigenvalue weighted by Crippen LogP contribution is -2.07. The van der Waals surface area contributed by atoms with Crippen LogP contribution in [-0.2, 0) is 0 Å². The first-order valence-electron chi connectivity index (χ1n) is 7.38. The number of alkyl halides is 2. The summed E-state index contributed by atoms with van der Waals surface area (Å²) in [6.07, 6.45) is 4.49. The molecule has 4 nitrogen and oxygen atoms in total. The van der Waals surface area contributed by atoms with Gasteiger partial charge in [-0.3, -0.25) is 10.1 Å². The Morgan fingerprint density at radius 1 is 1.33 bits per heavy atom. The number of nitro groups is 1. The maximum absolute atomic E-state index is 13.0. The average molecular weight is 298 g/mol. The number of hydrogen-bond donors (Lipinski definition) is 1. The zero-order valence-electron chi connectivity index (χ0n) is 11.9. The average Bonchev–Trinajstić information content (AvgIpc) is 2.96. The van der Waals surface area contributed by atoms with E-state index in [2.05, 4.69) is 5.32 Å². The molecule has 1 N–H and O–H groups in total. The van der Waals surface area contributed by atoms with Crippen LogP contribution in [0.25, 0.3) is 0 Å². The van der Waals surface area contributed by atoms with Gasteiger partial charge in [0.1, 0.15) is 0 Å². The van der Waals surface area contributed by atoms with Crippen LogP contribution in [0.1, 0.15) is 50.5 Å². The number of anilines is 1. The number of halogens is 2. The van der Waals surface area contributed by atoms with Crippen LogP contribution in [0, 0.1) is 16.0 Å². The van der Waals surface area contributed by atoms with Crippen molar-refractivity contribution in [1.29, 1.82) is 0 Å². The molecule has 116 valence electrons. The van der Waals surface area contributed by atoms with Gasteiger partial charge in [0.05, 0.1) is 4.92 Å². The summed E-state index contributed by atoms with van der Waals surface area (Å²) < 4.78 is 25.9. The van der Waals surface area contributed by atoms with E-state index in [4.69, 9.17) is 0 Å². The Balaban J connectivity index is 1.90. The molecular weight excluding hydrogens is 278 g/mol. The van der Waals surface area contributed by atoms with Crippen LogP contribution in [0.2, 0.25) is 0 Å². The third-order valence-electron chi connectivity index (χ3n) is 4.06. The Bertz CT molecular complexity index is 489. The van der Waals surface area contributed by atoms with Crippen LogP contribution in [0.4, 0.5) is 20.2 Å². The van der Waals surface area contributed by atoms with Gasteiger partial charge in [-0.05, 0) is 24.8 Å². The standard InChI is InChI=1S/C15H20F2N2O2/c16-15(17)13-10-12(19(20)21)7-8-14(13)18-9-3-6-11-4-1-2-5-11/h7-8,10-11,15,18H,1-6,9H2. The van der Waals surface area contributed by atoms with Crippen LogP contribution >= 0.6 is 0 Å². The van der Waals surface area contributed by atoms with Crippen LogP contribution in [0.5, 0.6) is 0 Å². The zero-order chi connectivity index (χ0) is 15.2. The van der Waals surface area contributed by atoms with Gasteiger partial charge >= 0.3 is 0 Å². The Morgan fingerprint density at radius 3 is 2.67 bits per heavy atom. The number of benzene rings is 1. The van der Waals surface area contributed by atoms with Crippen LogP contribution in [-0.4, -0.2) is 11.5 Å². The number of nitrogens with zero attached hydrogens (tertiary/aromatic N) is 1. The molecule has 0 atom stereocenters. The normalized spacial score (nSPS) is 15.6. The van der Waals surface area contributed by atoms with Gasteiger partial charge < -0.3 is 5.32 Å². The fourth-order valence-corrected chi connectivity index (χ4v) is 2.92. The van der Waals surface area contributed by atoms with Gasteiger partial charge in [0, 0.05) is 29.9 Å². The van der Waals surface area contributed by atoms with Crippen molar-refractivity contribution in [2.75, 3.05) is 11.9 Å². The number of nitro benzene ring substituents is 1. The van der Waals surface area contributed by atoms with Gasteiger partial charge in [-0.15, -0.1) is 0 Å². The van der Waals surface area contributed by atoms with Crippen molar-refractivity contribution in [2.45, 2.75) is 45.0 Å². The van der Waals surface area contributed by atoms with E-state index >= 15 is 0 Å². The molecule has 0 aliphatic heterocycles. The molecule has 1 aliphatic rings. The second-order valence-electron chi connectivity index (χ2n) is 5.55. The van der Waals surface area contributed by atoms with E-state index in [1.807, 2.05) is 0 Å². The van der Waals surface area contributed by atoms with Gasteiger partial charge in [-0.1, -0.05) is 25.7 Å². The first kappa shape index (κ1) is 15.7. The monoisotopic (exact) mass is 298 g/mol. The summed E-state index contributed by atoms with van der Waals surface area (Å²) >= 11 is 0. The molecule has 1 saturated carbocycles. The van der Waals surface area contributed by atoms with Crippen LogP contribution in [0.3, 0.4) is 0 Å². The molecule has 1 fully saturated rings. The zero-order valence-corrected chi connectivity index (χ0v) is 11.9. The molecule has 1 aliphatic carbocycles. The topological polar surface area (TPSA) is 55.2 Å². The van der Waals surface area contributed by atoms with Crippen molar-refractivity contribution < 1.29 is 13.7 Å². The third-order valence-corrected chi connectivity index (χ3v) is 4.06. The lowest BCUT2D eigenvalue weighted by Gasteiger charge is -2.13. The highest BCUT2D eigenvalue weighted by atomic mass is 19.3. The summed E-state index contributed by atoms with van der Waals surface area (Å²) in [6.45, 7) is 0.619. The van der Waals surface area contributed by atoms with Crippen molar-refractivity contribution in [2.24, 2.45) is 5.92 Å². The third kappa shape index (κ3) is 4.37. The molecule has 0 saturated heterocycles. The highest BCUT2D eigenvalue weighted by Crippen LogP contribution is 2.31. The van der Waals surface area contributed by atoms with Crippen LogP contribution in [0.15, 0.2) is 18.2 Å². The molecule has 2 rings (SSSR count). The molecule has 0 aromatic heterocycles. The quantitative estimate of drug-likeness (QED) is 0.442. The number of non-ortho nitro benzene ring substituents is 1. The SMILES string of the molecule is O=[N+]([O-])c1ccc(NCCCC2CCCC2)c(C(F)F)c1. The lowest BCUT2D eigenvalue weighted by atomic mass is 10.0. The van der Waals surface area contributed by atoms with Crippen molar-refractivity contribution in [1.82, 2.24) is 0 Å². The number of rotatable bonds is 7. The second-order valence-corrected chi connectivity index (χ2v) is 5.55. The van der Waals surface area contributed by atoms with E-state index in [-0.39, 0.29) is 11.3 Å². The first-order chi connectivity index (χ1) is 10.1. The summed E-state index contributed by atoms with van der Waals surface area (Å²) in [5.74, 6) is 0.776. The lowest BCUT2D eigenvalue weighted by molar-refractivity contribution is -0.385. The largest absolute Gasteiger partial charge is 0.385 e. The maximum atomic E-state index is 13.0. The fraction of sp³-hybridized carbons (Fsp3) is 0.600. The predicted molar refractivity (Wildman–Crippen MR) is 77.7 cm³/mol. The minimum atomic E-state index is -2.72. The van der Waals surface area contributed by atoms with Crippen molar-refractivity contribution in [3.05, 3.63) is 33.9 Å². The molecule has 0 bridgehead atoms. The fourth-order valence-electron chi connectivity index (χ4n) is 2.92. The van der Waals surface area contributed by atoms with Crippen LogP contribution < -0.4 is 5.32 Å². The summed E-state index contributed by atoms with van der Waals surface area (Å²) in [5.41, 5.74) is -0.311. The Morgan fingerprint density at radius 2 is 2.05 bits per heavy atom. The number of hydrogen-bond acceptors (Lipinski definition) is 3. The van der Waals surface area contributed by atoms with E-state index in [0.717, 1.165) is 24.8 Å². The highest BCUT2D eigenvalue weighted by molar-refractivity contribution is 5.56. The summed E-state index contributed by atoms with van der Waals surface area (Å²) in [4.78, 5) is 9.98. The van der Waals surface area contributed by atoms with Gasteiger partial charge in [-0.25, -0.2) is 8.78 Å². The van der Waals surface area contributed by atoms with Gasteiger partial charge in [0.25, 0.3) is 12.1 Å². The Kier molecular flexibility index (Phi) is 5.47. The molecule has 0 spiro atoms. The van der Waals surface area contributed by atoms with Crippen molar-refractivity contribution >= 4 is 11.4 Å². The van der Waals surface area contributed by atoms with Gasteiger partial charge in [-0.2, -0.15) is 0 Å². The second kappa shape index (κ2) is 7.33. The minimum absolute atomic E-state index is 0.294. The van der Waals surface area contributed by atoms with Gasteiger partial charge in [0.15, 0.2) is 0 Å². The molecule has 0 unspecified atom stereocenters. The van der Waals surface area contributed by atoms with E-state index in [1.165, 1.54) is 37.8 Å². The van der Waals surface area contributed by atoms with E-state index in [0.29, 0.717) is 12.2 Å². The first-order valence-corrected chi connectivity index (χ1v) is 7.38. The molecule has 21 heavy (non-hydrogen) atoms. The molecule has 6 heteroatoms.